The summed E-state index contributed by atoms with van der Waals surface area (Å²) in [6, 6.07) is 7.85. The highest BCUT2D eigenvalue weighted by Gasteiger charge is 2.49. The highest BCUT2D eigenvalue weighted by atomic mass is 19.4. The fourth-order valence-electron chi connectivity index (χ4n) is 7.09. The van der Waals surface area contributed by atoms with Gasteiger partial charge in [0.25, 0.3) is 0 Å². The van der Waals surface area contributed by atoms with Crippen molar-refractivity contribution in [1.29, 1.82) is 0 Å². The maximum Gasteiger partial charge on any atom is 0.416 e. The minimum Gasteiger partial charge on any atom is -0.463 e. The third kappa shape index (κ3) is 4.98. The van der Waals surface area contributed by atoms with Crippen LogP contribution in [0.5, 0.6) is 0 Å². The van der Waals surface area contributed by atoms with E-state index >= 15 is 0 Å². The Labute approximate surface area is 237 Å². The number of fused-ring (bicyclic) bond motifs is 1. The van der Waals surface area contributed by atoms with Crippen LogP contribution in [0.4, 0.5) is 13.2 Å². The summed E-state index contributed by atoms with van der Waals surface area (Å²) in [6.07, 6.45) is 1.93. The minimum atomic E-state index is -4.59. The molecule has 1 saturated carbocycles. The molecular formula is C32H35F3N4O2. The first-order valence-corrected chi connectivity index (χ1v) is 14.3. The maximum atomic E-state index is 14.2. The van der Waals surface area contributed by atoms with Gasteiger partial charge in [-0.2, -0.15) is 13.2 Å². The van der Waals surface area contributed by atoms with E-state index in [1.807, 2.05) is 19.1 Å². The van der Waals surface area contributed by atoms with Gasteiger partial charge in [0, 0.05) is 20.1 Å². The molecule has 0 radical (unpaired) electrons. The number of nitrogens with zero attached hydrogens (tertiary/aromatic N) is 4. The Hall–Kier alpha value is -3.46. The van der Waals surface area contributed by atoms with E-state index in [0.717, 1.165) is 43.2 Å². The number of halogens is 3. The van der Waals surface area contributed by atoms with Crippen molar-refractivity contribution in [2.24, 2.45) is 18.9 Å². The zero-order valence-corrected chi connectivity index (χ0v) is 23.9. The molecule has 1 atom stereocenters. The number of alkyl halides is 3. The summed E-state index contributed by atoms with van der Waals surface area (Å²) in [5.41, 5.74) is 1.26. The predicted octanol–water partition coefficient (Wildman–Crippen LogP) is 6.86. The Morgan fingerprint density at radius 1 is 1.10 bits per heavy atom. The van der Waals surface area contributed by atoms with E-state index in [2.05, 4.69) is 28.9 Å². The molecule has 0 spiro atoms. The van der Waals surface area contributed by atoms with Gasteiger partial charge in [0.15, 0.2) is 0 Å². The van der Waals surface area contributed by atoms with Crippen LogP contribution in [-0.4, -0.2) is 32.8 Å². The van der Waals surface area contributed by atoms with Gasteiger partial charge < -0.3 is 8.98 Å². The lowest BCUT2D eigenvalue weighted by Crippen LogP contribution is -2.43. The summed E-state index contributed by atoms with van der Waals surface area (Å²) in [6.45, 7) is 8.96. The minimum absolute atomic E-state index is 0.119. The molecule has 2 aliphatic rings. The molecule has 9 heteroatoms. The summed E-state index contributed by atoms with van der Waals surface area (Å²) in [4.78, 5) is 16.3. The molecule has 6 nitrogen and oxygen atoms in total. The van der Waals surface area contributed by atoms with Crippen molar-refractivity contribution in [3.63, 3.8) is 0 Å². The molecule has 2 aromatic heterocycles. The molecule has 1 unspecified atom stereocenters. The van der Waals surface area contributed by atoms with E-state index in [-0.39, 0.29) is 16.6 Å². The Bertz CT molecular complexity index is 1670. The van der Waals surface area contributed by atoms with Crippen LogP contribution in [0.25, 0.3) is 22.1 Å². The highest BCUT2D eigenvalue weighted by molar-refractivity contribution is 5.84. The number of likely N-dealkylation sites (tertiary alicyclic amines) is 1. The number of hydrogen-bond acceptors (Lipinski definition) is 5. The first kappa shape index (κ1) is 27.7. The van der Waals surface area contributed by atoms with Crippen LogP contribution in [0.1, 0.15) is 67.6 Å². The lowest BCUT2D eigenvalue weighted by molar-refractivity contribution is -0.137. The summed E-state index contributed by atoms with van der Waals surface area (Å²) >= 11 is 0. The number of rotatable bonds is 5. The lowest BCUT2D eigenvalue weighted by atomic mass is 9.58. The van der Waals surface area contributed by atoms with Crippen LogP contribution < -0.4 is 5.43 Å². The van der Waals surface area contributed by atoms with Gasteiger partial charge in [0.1, 0.15) is 24.0 Å². The SMILES string of the molecule is Cc1cc(CN2CCCC(C)C2)cc2c(=O)c(-c3cc(C(F)(F)F)cc(C4(c5nncn5C)CC(C)C4)c3)coc12. The normalized spacial score (nSPS) is 23.6. The Kier molecular flexibility index (Phi) is 6.83. The van der Waals surface area contributed by atoms with Gasteiger partial charge in [0.05, 0.1) is 21.9 Å². The van der Waals surface area contributed by atoms with Crippen molar-refractivity contribution < 1.29 is 17.6 Å². The quantitative estimate of drug-likeness (QED) is 0.265. The second kappa shape index (κ2) is 10.1. The third-order valence-corrected chi connectivity index (χ3v) is 8.92. The topological polar surface area (TPSA) is 64.2 Å². The fraction of sp³-hybridized carbons (Fsp3) is 0.469. The molecule has 3 heterocycles. The van der Waals surface area contributed by atoms with E-state index < -0.39 is 17.2 Å². The summed E-state index contributed by atoms with van der Waals surface area (Å²) in [7, 11) is 1.80. The van der Waals surface area contributed by atoms with E-state index in [9.17, 15) is 18.0 Å². The Morgan fingerprint density at radius 3 is 2.54 bits per heavy atom. The van der Waals surface area contributed by atoms with Gasteiger partial charge in [-0.05, 0) is 97.5 Å². The molecule has 2 aromatic carbocycles. The lowest BCUT2D eigenvalue weighted by Gasteiger charge is -2.46. The summed E-state index contributed by atoms with van der Waals surface area (Å²) < 4.78 is 50.4. The summed E-state index contributed by atoms with van der Waals surface area (Å²) in [5, 5.41) is 8.69. The first-order chi connectivity index (χ1) is 19.4. The molecule has 6 rings (SSSR count). The maximum absolute atomic E-state index is 14.2. The third-order valence-electron chi connectivity index (χ3n) is 8.92. The van der Waals surface area contributed by atoms with Crippen molar-refractivity contribution in [3.05, 3.63) is 81.2 Å². The molecular weight excluding hydrogens is 529 g/mol. The summed E-state index contributed by atoms with van der Waals surface area (Å²) in [5.74, 6) is 1.57. The van der Waals surface area contributed by atoms with Crippen LogP contribution in [0.2, 0.25) is 0 Å². The monoisotopic (exact) mass is 564 g/mol. The second-order valence-corrected chi connectivity index (χ2v) is 12.4. The molecule has 1 aliphatic heterocycles. The first-order valence-electron chi connectivity index (χ1n) is 14.3. The van der Waals surface area contributed by atoms with Crippen molar-refractivity contribution >= 4 is 11.0 Å². The predicted molar refractivity (Wildman–Crippen MR) is 152 cm³/mol. The molecule has 0 N–H and O–H groups in total. The van der Waals surface area contributed by atoms with E-state index in [0.29, 0.717) is 47.0 Å². The average molecular weight is 565 g/mol. The van der Waals surface area contributed by atoms with Crippen LogP contribution in [0.3, 0.4) is 0 Å². The molecule has 2 fully saturated rings. The molecule has 41 heavy (non-hydrogen) atoms. The zero-order chi connectivity index (χ0) is 29.1. The van der Waals surface area contributed by atoms with Gasteiger partial charge in [0.2, 0.25) is 5.43 Å². The largest absolute Gasteiger partial charge is 0.463 e. The molecule has 216 valence electrons. The number of hydrogen-bond donors (Lipinski definition) is 0. The number of aryl methyl sites for hydroxylation is 2. The highest BCUT2D eigenvalue weighted by Crippen LogP contribution is 2.52. The fourth-order valence-corrected chi connectivity index (χ4v) is 7.09. The second-order valence-electron chi connectivity index (χ2n) is 12.4. The zero-order valence-electron chi connectivity index (χ0n) is 23.9. The number of piperidine rings is 1. The molecule has 0 amide bonds. The van der Waals surface area contributed by atoms with Gasteiger partial charge in [-0.1, -0.05) is 19.9 Å². The van der Waals surface area contributed by atoms with Gasteiger partial charge in [-0.3, -0.25) is 9.69 Å². The van der Waals surface area contributed by atoms with E-state index in [1.165, 1.54) is 18.8 Å². The van der Waals surface area contributed by atoms with E-state index in [1.54, 1.807) is 24.0 Å². The van der Waals surface area contributed by atoms with Crippen LogP contribution in [0.15, 0.2) is 52.1 Å². The number of aromatic nitrogens is 3. The molecule has 1 aliphatic carbocycles. The Morgan fingerprint density at radius 2 is 1.88 bits per heavy atom. The van der Waals surface area contributed by atoms with E-state index in [4.69, 9.17) is 4.42 Å². The van der Waals surface area contributed by atoms with Crippen LogP contribution >= 0.6 is 0 Å². The van der Waals surface area contributed by atoms with Gasteiger partial charge >= 0.3 is 6.18 Å². The van der Waals surface area contributed by atoms with Crippen molar-refractivity contribution in [1.82, 2.24) is 19.7 Å². The van der Waals surface area contributed by atoms with Crippen molar-refractivity contribution in [2.75, 3.05) is 13.1 Å². The molecule has 0 bridgehead atoms. The van der Waals surface area contributed by atoms with Crippen molar-refractivity contribution in [3.8, 4) is 11.1 Å². The molecule has 4 aromatic rings. The van der Waals surface area contributed by atoms with Gasteiger partial charge in [-0.25, -0.2) is 0 Å². The smallest absolute Gasteiger partial charge is 0.416 e. The Balaban J connectivity index is 1.48. The van der Waals surface area contributed by atoms with Crippen LogP contribution in [0, 0.1) is 18.8 Å². The van der Waals surface area contributed by atoms with Crippen LogP contribution in [-0.2, 0) is 25.2 Å². The van der Waals surface area contributed by atoms with Gasteiger partial charge in [-0.15, -0.1) is 10.2 Å². The number of benzene rings is 2. The molecule has 1 saturated heterocycles. The van der Waals surface area contributed by atoms with Crippen molar-refractivity contribution in [2.45, 2.75) is 64.6 Å². The average Bonchev–Trinajstić information content (AvgIpc) is 3.32. The standard InChI is InChI=1S/C32H35F3N4O2/c1-19-6-5-7-39(15-19)16-22-8-21(3)29-26(9-22)28(40)27(17-41-29)23-10-24(12-25(11-23)32(33,34)35)31(13-20(2)14-31)30-37-36-18-38(30)4/h8-12,17-20H,5-7,13-16H2,1-4H3.